The van der Waals surface area contributed by atoms with E-state index in [1.807, 2.05) is 19.1 Å². The lowest BCUT2D eigenvalue weighted by molar-refractivity contribution is 1.17. The van der Waals surface area contributed by atoms with Gasteiger partial charge in [-0.1, -0.05) is 11.6 Å². The molecule has 0 aliphatic rings. The van der Waals surface area contributed by atoms with Crippen LogP contribution in [0.3, 0.4) is 0 Å². The summed E-state index contributed by atoms with van der Waals surface area (Å²) in [6.45, 7) is 1.85. The molecule has 0 heterocycles. The van der Waals surface area contributed by atoms with Gasteiger partial charge in [0.15, 0.2) is 0 Å². The normalized spacial score (nSPS) is 9.89. The topological polar surface area (TPSA) is 47.6 Å². The number of hydrogen-bond acceptors (Lipinski definition) is 2. The third-order valence-electron chi connectivity index (χ3n) is 0.900. The second-order valence-electron chi connectivity index (χ2n) is 1.75. The molecule has 0 aliphatic carbocycles. The molecule has 0 amide bonds. The molecule has 0 spiro atoms. The molecule has 0 N–H and O–H groups in total. The summed E-state index contributed by atoms with van der Waals surface area (Å²) in [6.07, 6.45) is 2.61. The van der Waals surface area contributed by atoms with Crippen LogP contribution < -0.4 is 0 Å². The van der Waals surface area contributed by atoms with E-state index in [1.165, 1.54) is 0 Å². The fraction of sp³-hybridized carbons (Fsp3) is 0.429. The van der Waals surface area contributed by atoms with Crippen LogP contribution in [-0.2, 0) is 0 Å². The first-order valence-electron chi connectivity index (χ1n) is 2.70. The van der Waals surface area contributed by atoms with Crippen molar-refractivity contribution in [3.8, 4) is 12.1 Å². The van der Waals surface area contributed by atoms with E-state index >= 15 is 0 Å². The minimum atomic E-state index is 0.410. The Morgan fingerprint density at radius 1 is 1.44 bits per heavy atom. The Morgan fingerprint density at radius 3 is 2.56 bits per heavy atom. The first-order valence-corrected chi connectivity index (χ1v) is 2.70. The van der Waals surface area contributed by atoms with Gasteiger partial charge in [-0.2, -0.15) is 10.5 Å². The Kier molecular flexibility index (Phi) is 4.18. The van der Waals surface area contributed by atoms with E-state index in [1.54, 1.807) is 6.08 Å². The van der Waals surface area contributed by atoms with Crippen LogP contribution in [0, 0.1) is 22.7 Å². The summed E-state index contributed by atoms with van der Waals surface area (Å²) in [4.78, 5) is 0. The van der Waals surface area contributed by atoms with Crippen molar-refractivity contribution in [1.82, 2.24) is 0 Å². The lowest BCUT2D eigenvalue weighted by atomic mass is 10.2. The Hall–Kier alpha value is -1.28. The van der Waals surface area contributed by atoms with E-state index in [2.05, 4.69) is 0 Å². The predicted octanol–water partition coefficient (Wildman–Crippen LogP) is 1.76. The zero-order valence-corrected chi connectivity index (χ0v) is 5.39. The van der Waals surface area contributed by atoms with Crippen LogP contribution in [0.25, 0.3) is 0 Å². The Balaban J connectivity index is 3.62. The molecule has 0 saturated carbocycles. The van der Waals surface area contributed by atoms with Crippen molar-refractivity contribution < 1.29 is 0 Å². The number of nitrogens with zero attached hydrogens (tertiary/aromatic N) is 2. The first kappa shape index (κ1) is 7.72. The third-order valence-corrected chi connectivity index (χ3v) is 0.900. The highest BCUT2D eigenvalue weighted by molar-refractivity contribution is 5.06. The summed E-state index contributed by atoms with van der Waals surface area (Å²) in [5.41, 5.74) is 0.971. The van der Waals surface area contributed by atoms with Crippen molar-refractivity contribution in [3.63, 3.8) is 0 Å². The van der Waals surface area contributed by atoms with Gasteiger partial charge in [-0.15, -0.1) is 0 Å². The van der Waals surface area contributed by atoms with Crippen molar-refractivity contribution in [1.29, 1.82) is 10.5 Å². The molecular formula is C7H8N2. The Labute approximate surface area is 55.0 Å². The fourth-order valence-corrected chi connectivity index (χ4v) is 0.417. The molecule has 2 heteroatoms. The lowest BCUT2D eigenvalue weighted by Crippen LogP contribution is -1.71. The average Bonchev–Trinajstić information content (AvgIpc) is 1.85. The maximum atomic E-state index is 8.16. The van der Waals surface area contributed by atoms with E-state index in [9.17, 15) is 0 Å². The molecule has 46 valence electrons. The second kappa shape index (κ2) is 4.87. The van der Waals surface area contributed by atoms with Crippen LogP contribution in [0.2, 0.25) is 0 Å². The van der Waals surface area contributed by atoms with Crippen LogP contribution in [0.4, 0.5) is 0 Å². The monoisotopic (exact) mass is 120 g/mol. The molecule has 0 rings (SSSR count). The predicted molar refractivity (Wildman–Crippen MR) is 34.2 cm³/mol. The van der Waals surface area contributed by atoms with Crippen LogP contribution in [0.15, 0.2) is 11.6 Å². The summed E-state index contributed by atoms with van der Waals surface area (Å²) < 4.78 is 0. The van der Waals surface area contributed by atoms with Crippen molar-refractivity contribution in [2.75, 3.05) is 0 Å². The van der Waals surface area contributed by atoms with E-state index in [0.717, 1.165) is 5.57 Å². The molecule has 0 fully saturated rings. The standard InChI is InChI=1S/C7H8N2/c1-7(4-6-9)3-2-5-8/h3H,2,4H2,1H3/b7-3+. The third kappa shape index (κ3) is 4.58. The molecule has 0 aromatic heterocycles. The van der Waals surface area contributed by atoms with Crippen LogP contribution >= 0.6 is 0 Å². The zero-order valence-electron chi connectivity index (χ0n) is 5.39. The minimum Gasteiger partial charge on any atom is -0.198 e. The molecule has 0 radical (unpaired) electrons. The Bertz CT molecular complexity index is 178. The molecule has 0 atom stereocenters. The summed E-state index contributed by atoms with van der Waals surface area (Å²) in [5.74, 6) is 0. The quantitative estimate of drug-likeness (QED) is 0.521. The molecule has 0 bridgehead atoms. The summed E-state index contributed by atoms with van der Waals surface area (Å²) >= 11 is 0. The maximum Gasteiger partial charge on any atom is 0.0666 e. The molecule has 9 heavy (non-hydrogen) atoms. The molecule has 0 saturated heterocycles. The van der Waals surface area contributed by atoms with E-state index < -0.39 is 0 Å². The van der Waals surface area contributed by atoms with Gasteiger partial charge >= 0.3 is 0 Å². The fourth-order valence-electron chi connectivity index (χ4n) is 0.417. The molecule has 2 nitrogen and oxygen atoms in total. The molecule has 0 aliphatic heterocycles. The highest BCUT2D eigenvalue weighted by Gasteiger charge is 1.83. The van der Waals surface area contributed by atoms with Crippen LogP contribution in [0.1, 0.15) is 19.8 Å². The highest BCUT2D eigenvalue weighted by atomic mass is 14.2. The van der Waals surface area contributed by atoms with E-state index in [-0.39, 0.29) is 0 Å². The van der Waals surface area contributed by atoms with Gasteiger partial charge in [0, 0.05) is 0 Å². The molecular weight excluding hydrogens is 112 g/mol. The Morgan fingerprint density at radius 2 is 2.11 bits per heavy atom. The maximum absolute atomic E-state index is 8.16. The highest BCUT2D eigenvalue weighted by Crippen LogP contribution is 1.98. The largest absolute Gasteiger partial charge is 0.198 e. The van der Waals surface area contributed by atoms with Crippen molar-refractivity contribution in [2.24, 2.45) is 0 Å². The zero-order chi connectivity index (χ0) is 7.11. The van der Waals surface area contributed by atoms with Crippen molar-refractivity contribution >= 4 is 0 Å². The van der Waals surface area contributed by atoms with Gasteiger partial charge in [0.2, 0.25) is 0 Å². The van der Waals surface area contributed by atoms with Crippen LogP contribution in [0.5, 0.6) is 0 Å². The lowest BCUT2D eigenvalue weighted by Gasteiger charge is -1.85. The minimum absolute atomic E-state index is 0.410. The van der Waals surface area contributed by atoms with Gasteiger partial charge in [-0.3, -0.25) is 0 Å². The average molecular weight is 120 g/mol. The number of rotatable bonds is 2. The van der Waals surface area contributed by atoms with Gasteiger partial charge < -0.3 is 0 Å². The van der Waals surface area contributed by atoms with Crippen molar-refractivity contribution in [3.05, 3.63) is 11.6 Å². The second-order valence-corrected chi connectivity index (χ2v) is 1.75. The van der Waals surface area contributed by atoms with Crippen LogP contribution in [-0.4, -0.2) is 0 Å². The van der Waals surface area contributed by atoms with Gasteiger partial charge in [0.1, 0.15) is 0 Å². The van der Waals surface area contributed by atoms with Gasteiger partial charge in [0.25, 0.3) is 0 Å². The van der Waals surface area contributed by atoms with E-state index in [0.29, 0.717) is 12.8 Å². The molecule has 0 aromatic carbocycles. The number of nitriles is 2. The summed E-state index contributed by atoms with van der Waals surface area (Å²) in [7, 11) is 0. The van der Waals surface area contributed by atoms with Gasteiger partial charge in [-0.05, 0) is 6.92 Å². The number of allylic oxidation sites excluding steroid dienone is 2. The van der Waals surface area contributed by atoms with Crippen molar-refractivity contribution in [2.45, 2.75) is 19.8 Å². The van der Waals surface area contributed by atoms with E-state index in [4.69, 9.17) is 10.5 Å². The number of hydrogen-bond donors (Lipinski definition) is 0. The smallest absolute Gasteiger partial charge is 0.0666 e. The SMILES string of the molecule is C/C(=C\CC#N)CC#N. The van der Waals surface area contributed by atoms with Gasteiger partial charge in [-0.25, -0.2) is 0 Å². The van der Waals surface area contributed by atoms with Gasteiger partial charge in [0.05, 0.1) is 25.0 Å². The summed E-state index contributed by atoms with van der Waals surface area (Å²) in [6, 6.07) is 3.97. The first-order chi connectivity index (χ1) is 4.31. The molecule has 0 unspecified atom stereocenters. The molecule has 0 aromatic rings. The summed E-state index contributed by atoms with van der Waals surface area (Å²) in [5, 5.41) is 16.3.